The highest BCUT2D eigenvalue weighted by Gasteiger charge is 2.18. The van der Waals surface area contributed by atoms with E-state index in [-0.39, 0.29) is 12.3 Å². The average Bonchev–Trinajstić information content (AvgIpc) is 2.63. The fourth-order valence-corrected chi connectivity index (χ4v) is 2.50. The number of hydrogen-bond acceptors (Lipinski definition) is 4. The molecule has 0 radical (unpaired) electrons. The highest BCUT2D eigenvalue weighted by atomic mass is 16.5. The summed E-state index contributed by atoms with van der Waals surface area (Å²) >= 11 is 0. The lowest BCUT2D eigenvalue weighted by Crippen LogP contribution is -2.30. The summed E-state index contributed by atoms with van der Waals surface area (Å²) in [6, 6.07) is 15.1. The van der Waals surface area contributed by atoms with Gasteiger partial charge in [0.1, 0.15) is 5.75 Å². The number of benzene rings is 2. The molecule has 0 bridgehead atoms. The zero-order valence-electron chi connectivity index (χ0n) is 15.5. The summed E-state index contributed by atoms with van der Waals surface area (Å²) in [6.07, 6.45) is -0.169. The Labute approximate surface area is 154 Å². The number of hydrogen-bond donors (Lipinski definition) is 1. The zero-order chi connectivity index (χ0) is 18.9. The van der Waals surface area contributed by atoms with Gasteiger partial charge in [-0.15, -0.1) is 0 Å². The predicted octanol–water partition coefficient (Wildman–Crippen LogP) is 3.90. The Morgan fingerprint density at radius 2 is 1.77 bits per heavy atom. The molecule has 0 saturated carbocycles. The fourth-order valence-electron chi connectivity index (χ4n) is 2.50. The number of amides is 1. The van der Waals surface area contributed by atoms with Crippen LogP contribution >= 0.6 is 0 Å². The van der Waals surface area contributed by atoms with Crippen molar-refractivity contribution >= 4 is 17.6 Å². The molecule has 0 aliphatic carbocycles. The SMILES string of the molecule is CCOc1ccccc1CCC(=O)OC(C)C(=O)Nc1ccccc1C. The second kappa shape index (κ2) is 9.61. The Morgan fingerprint density at radius 3 is 2.50 bits per heavy atom. The molecule has 0 spiro atoms. The van der Waals surface area contributed by atoms with Crippen molar-refractivity contribution in [1.82, 2.24) is 0 Å². The van der Waals surface area contributed by atoms with E-state index in [4.69, 9.17) is 9.47 Å². The molecule has 0 aliphatic rings. The van der Waals surface area contributed by atoms with Crippen LogP contribution in [0.5, 0.6) is 5.75 Å². The maximum atomic E-state index is 12.2. The topological polar surface area (TPSA) is 64.6 Å². The molecule has 2 aromatic rings. The monoisotopic (exact) mass is 355 g/mol. The predicted molar refractivity (Wildman–Crippen MR) is 101 cm³/mol. The van der Waals surface area contributed by atoms with Crippen LogP contribution in [-0.2, 0) is 20.7 Å². The molecule has 5 heteroatoms. The van der Waals surface area contributed by atoms with Gasteiger partial charge >= 0.3 is 5.97 Å². The second-order valence-corrected chi connectivity index (χ2v) is 5.98. The highest BCUT2D eigenvalue weighted by molar-refractivity contribution is 5.95. The molecule has 0 aliphatic heterocycles. The van der Waals surface area contributed by atoms with Crippen LogP contribution in [0.15, 0.2) is 48.5 Å². The van der Waals surface area contributed by atoms with Crippen molar-refractivity contribution in [3.05, 3.63) is 59.7 Å². The van der Waals surface area contributed by atoms with Gasteiger partial charge in [0, 0.05) is 12.1 Å². The van der Waals surface area contributed by atoms with Crippen LogP contribution in [0.2, 0.25) is 0 Å². The smallest absolute Gasteiger partial charge is 0.306 e. The van der Waals surface area contributed by atoms with E-state index < -0.39 is 12.1 Å². The van der Waals surface area contributed by atoms with Crippen molar-refractivity contribution in [2.75, 3.05) is 11.9 Å². The quantitative estimate of drug-likeness (QED) is 0.730. The van der Waals surface area contributed by atoms with E-state index in [1.165, 1.54) is 0 Å². The van der Waals surface area contributed by atoms with Crippen LogP contribution in [0.3, 0.4) is 0 Å². The van der Waals surface area contributed by atoms with E-state index in [1.54, 1.807) is 6.92 Å². The number of aryl methyl sites for hydroxylation is 2. The Kier molecular flexibility index (Phi) is 7.21. The van der Waals surface area contributed by atoms with E-state index in [9.17, 15) is 9.59 Å². The normalized spacial score (nSPS) is 11.5. The average molecular weight is 355 g/mol. The minimum Gasteiger partial charge on any atom is -0.494 e. The molecule has 1 N–H and O–H groups in total. The number of anilines is 1. The second-order valence-electron chi connectivity index (χ2n) is 5.98. The molecule has 138 valence electrons. The van der Waals surface area contributed by atoms with Gasteiger partial charge in [0.05, 0.1) is 6.61 Å². The van der Waals surface area contributed by atoms with Crippen molar-refractivity contribution in [2.45, 2.75) is 39.7 Å². The maximum Gasteiger partial charge on any atom is 0.306 e. The molecule has 1 amide bonds. The molecule has 1 unspecified atom stereocenters. The summed E-state index contributed by atoms with van der Waals surface area (Å²) in [5.41, 5.74) is 2.61. The van der Waals surface area contributed by atoms with Crippen molar-refractivity contribution < 1.29 is 19.1 Å². The van der Waals surface area contributed by atoms with Gasteiger partial charge in [0.2, 0.25) is 0 Å². The summed E-state index contributed by atoms with van der Waals surface area (Å²) in [5, 5.41) is 2.78. The van der Waals surface area contributed by atoms with Crippen LogP contribution in [0.25, 0.3) is 0 Å². The Balaban J connectivity index is 1.85. The van der Waals surface area contributed by atoms with Gasteiger partial charge < -0.3 is 14.8 Å². The number of para-hydroxylation sites is 2. The first kappa shape index (κ1) is 19.5. The fraction of sp³-hybridized carbons (Fsp3) is 0.333. The summed E-state index contributed by atoms with van der Waals surface area (Å²) < 4.78 is 10.8. The first-order valence-electron chi connectivity index (χ1n) is 8.78. The number of carbonyl (C=O) groups is 2. The van der Waals surface area contributed by atoms with Crippen molar-refractivity contribution in [2.24, 2.45) is 0 Å². The number of esters is 1. The lowest BCUT2D eigenvalue weighted by molar-refractivity contribution is -0.153. The molecule has 0 fully saturated rings. The van der Waals surface area contributed by atoms with Crippen LogP contribution < -0.4 is 10.1 Å². The van der Waals surface area contributed by atoms with Crippen LogP contribution in [-0.4, -0.2) is 24.6 Å². The zero-order valence-corrected chi connectivity index (χ0v) is 15.5. The molecular weight excluding hydrogens is 330 g/mol. The van der Waals surface area contributed by atoms with Crippen LogP contribution in [0, 0.1) is 6.92 Å². The van der Waals surface area contributed by atoms with E-state index in [0.29, 0.717) is 18.7 Å². The van der Waals surface area contributed by atoms with Crippen LogP contribution in [0.4, 0.5) is 5.69 Å². The highest BCUT2D eigenvalue weighted by Crippen LogP contribution is 2.20. The van der Waals surface area contributed by atoms with Gasteiger partial charge in [0.25, 0.3) is 5.91 Å². The molecule has 0 saturated heterocycles. The van der Waals surface area contributed by atoms with Crippen LogP contribution in [0.1, 0.15) is 31.4 Å². The summed E-state index contributed by atoms with van der Waals surface area (Å²) in [6.45, 7) is 5.96. The summed E-state index contributed by atoms with van der Waals surface area (Å²) in [5.74, 6) is 0.0132. The Bertz CT molecular complexity index is 757. The minimum atomic E-state index is -0.857. The number of carbonyl (C=O) groups excluding carboxylic acids is 2. The number of rotatable bonds is 8. The van der Waals surface area contributed by atoms with E-state index in [0.717, 1.165) is 16.9 Å². The first-order chi connectivity index (χ1) is 12.5. The van der Waals surface area contributed by atoms with Crippen molar-refractivity contribution in [1.29, 1.82) is 0 Å². The Hall–Kier alpha value is -2.82. The lowest BCUT2D eigenvalue weighted by Gasteiger charge is -2.15. The molecule has 2 rings (SSSR count). The number of ether oxygens (including phenoxy) is 2. The third-order valence-electron chi connectivity index (χ3n) is 3.95. The summed E-state index contributed by atoms with van der Waals surface area (Å²) in [7, 11) is 0. The van der Waals surface area contributed by atoms with Gasteiger partial charge in [0.15, 0.2) is 6.10 Å². The molecule has 1 atom stereocenters. The molecular formula is C21H25NO4. The molecule has 26 heavy (non-hydrogen) atoms. The largest absolute Gasteiger partial charge is 0.494 e. The molecule has 2 aromatic carbocycles. The number of nitrogens with one attached hydrogen (secondary N) is 1. The maximum absolute atomic E-state index is 12.2. The van der Waals surface area contributed by atoms with E-state index >= 15 is 0 Å². The van der Waals surface area contributed by atoms with Gasteiger partial charge in [-0.25, -0.2) is 0 Å². The molecule has 0 heterocycles. The van der Waals surface area contributed by atoms with Gasteiger partial charge in [-0.1, -0.05) is 36.4 Å². The van der Waals surface area contributed by atoms with Crippen molar-refractivity contribution in [3.8, 4) is 5.75 Å². The van der Waals surface area contributed by atoms with E-state index in [1.807, 2.05) is 62.4 Å². The standard InChI is InChI=1S/C21H25NO4/c1-4-25-19-12-8-6-10-17(19)13-14-20(23)26-16(3)21(24)22-18-11-7-5-9-15(18)2/h5-12,16H,4,13-14H2,1-3H3,(H,22,24). The minimum absolute atomic E-state index is 0.187. The Morgan fingerprint density at radius 1 is 1.08 bits per heavy atom. The van der Waals surface area contributed by atoms with Gasteiger partial charge in [-0.2, -0.15) is 0 Å². The lowest BCUT2D eigenvalue weighted by atomic mass is 10.1. The first-order valence-corrected chi connectivity index (χ1v) is 8.78. The molecule has 5 nitrogen and oxygen atoms in total. The van der Waals surface area contributed by atoms with Gasteiger partial charge in [-0.3, -0.25) is 9.59 Å². The van der Waals surface area contributed by atoms with Gasteiger partial charge in [-0.05, 0) is 50.5 Å². The third-order valence-corrected chi connectivity index (χ3v) is 3.95. The third kappa shape index (κ3) is 5.62. The summed E-state index contributed by atoms with van der Waals surface area (Å²) in [4.78, 5) is 24.3. The van der Waals surface area contributed by atoms with E-state index in [2.05, 4.69) is 5.32 Å². The molecule has 0 aromatic heterocycles. The van der Waals surface area contributed by atoms with Crippen molar-refractivity contribution in [3.63, 3.8) is 0 Å².